The van der Waals surface area contributed by atoms with Crippen LogP contribution in [0.3, 0.4) is 0 Å². The van der Waals surface area contributed by atoms with Gasteiger partial charge in [-0.1, -0.05) is 54.6 Å². The highest BCUT2D eigenvalue weighted by molar-refractivity contribution is 7.89. The smallest absolute Gasteiger partial charge is 0.259 e. The van der Waals surface area contributed by atoms with E-state index in [0.717, 1.165) is 23.1 Å². The average Bonchev–Trinajstić information content (AvgIpc) is 3.34. The molecule has 0 aliphatic carbocycles. The van der Waals surface area contributed by atoms with Crippen LogP contribution in [-0.4, -0.2) is 30.4 Å². The van der Waals surface area contributed by atoms with Gasteiger partial charge in [-0.2, -0.15) is 0 Å². The molecule has 3 aromatic rings. The summed E-state index contributed by atoms with van der Waals surface area (Å²) in [4.78, 5) is 16.0. The van der Waals surface area contributed by atoms with Crippen LogP contribution in [-0.2, 0) is 40.2 Å². The van der Waals surface area contributed by atoms with Crippen LogP contribution in [0.15, 0.2) is 72.1 Å². The van der Waals surface area contributed by atoms with E-state index in [1.807, 2.05) is 42.5 Å². The van der Waals surface area contributed by atoms with Gasteiger partial charge < -0.3 is 9.88 Å². The van der Waals surface area contributed by atoms with E-state index in [9.17, 15) is 13.2 Å². The minimum absolute atomic E-state index is 0.00714. The summed E-state index contributed by atoms with van der Waals surface area (Å²) >= 11 is 0. The number of carbonyl (C=O) groups excluding carboxylic acids is 1. The number of rotatable bonds is 7. The molecule has 1 amide bonds. The number of aromatic nitrogens is 2. The van der Waals surface area contributed by atoms with Crippen molar-refractivity contribution in [3.63, 3.8) is 0 Å². The maximum Gasteiger partial charge on any atom is 0.259 e. The molecule has 0 bridgehead atoms. The van der Waals surface area contributed by atoms with E-state index in [0.29, 0.717) is 13.0 Å². The van der Waals surface area contributed by atoms with Crippen LogP contribution in [0.5, 0.6) is 0 Å². The van der Waals surface area contributed by atoms with Gasteiger partial charge in [-0.25, -0.2) is 18.1 Å². The Morgan fingerprint density at radius 2 is 1.90 bits per heavy atom. The molecule has 4 rings (SSSR count). The standard InChI is InChI=1S/C22H24N4O3S/c1-26-14-21(24-16-26)30(28,29)25-13-18-8-5-9-19(10-18)22(12-20(27)23-15-22)11-17-6-3-2-4-7-17/h2-10,14,16,25H,11-13,15H2,1H3,(H,23,27). The molecule has 0 radical (unpaired) electrons. The van der Waals surface area contributed by atoms with Gasteiger partial charge in [0.05, 0.1) is 6.33 Å². The van der Waals surface area contributed by atoms with Gasteiger partial charge in [-0.05, 0) is 23.1 Å². The summed E-state index contributed by atoms with van der Waals surface area (Å²) in [6.45, 7) is 0.708. The number of hydrogen-bond acceptors (Lipinski definition) is 4. The molecule has 1 aliphatic rings. The van der Waals surface area contributed by atoms with Gasteiger partial charge in [0.1, 0.15) is 0 Å². The second-order valence-corrected chi connectivity index (χ2v) is 9.51. The molecule has 2 aromatic carbocycles. The third kappa shape index (κ3) is 4.29. The van der Waals surface area contributed by atoms with Crippen LogP contribution in [0.2, 0.25) is 0 Å². The molecule has 8 heteroatoms. The van der Waals surface area contributed by atoms with Crippen molar-refractivity contribution in [2.45, 2.75) is 29.8 Å². The third-order valence-electron chi connectivity index (χ3n) is 5.47. The maximum atomic E-state index is 12.5. The van der Waals surface area contributed by atoms with Crippen molar-refractivity contribution in [1.82, 2.24) is 19.6 Å². The molecule has 1 atom stereocenters. The number of nitrogens with one attached hydrogen (secondary N) is 2. The topological polar surface area (TPSA) is 93.1 Å². The van der Waals surface area contributed by atoms with Crippen LogP contribution >= 0.6 is 0 Å². The van der Waals surface area contributed by atoms with Gasteiger partial charge in [0.25, 0.3) is 10.0 Å². The Labute approximate surface area is 176 Å². The van der Waals surface area contributed by atoms with Gasteiger partial charge in [0.2, 0.25) is 5.91 Å². The average molecular weight is 425 g/mol. The highest BCUT2D eigenvalue weighted by Crippen LogP contribution is 2.35. The van der Waals surface area contributed by atoms with Crippen LogP contribution in [0.25, 0.3) is 0 Å². The van der Waals surface area contributed by atoms with E-state index in [1.54, 1.807) is 11.6 Å². The largest absolute Gasteiger partial charge is 0.355 e. The van der Waals surface area contributed by atoms with E-state index in [1.165, 1.54) is 12.5 Å². The number of imidazole rings is 1. The zero-order valence-electron chi connectivity index (χ0n) is 16.7. The molecule has 1 aliphatic heterocycles. The van der Waals surface area contributed by atoms with Crippen molar-refractivity contribution in [3.8, 4) is 0 Å². The number of nitrogens with zero attached hydrogens (tertiary/aromatic N) is 2. The van der Waals surface area contributed by atoms with Crippen LogP contribution in [0.1, 0.15) is 23.1 Å². The van der Waals surface area contributed by atoms with Crippen molar-refractivity contribution in [1.29, 1.82) is 0 Å². The van der Waals surface area contributed by atoms with Crippen LogP contribution in [0.4, 0.5) is 0 Å². The van der Waals surface area contributed by atoms with Gasteiger partial charge in [-0.3, -0.25) is 4.79 Å². The first-order chi connectivity index (χ1) is 14.4. The lowest BCUT2D eigenvalue weighted by Crippen LogP contribution is -2.32. The Hall–Kier alpha value is -2.97. The van der Waals surface area contributed by atoms with E-state index >= 15 is 0 Å². The fraction of sp³-hybridized carbons (Fsp3) is 0.273. The monoisotopic (exact) mass is 424 g/mol. The first kappa shape index (κ1) is 20.3. The maximum absolute atomic E-state index is 12.5. The molecule has 30 heavy (non-hydrogen) atoms. The molecule has 0 saturated carbocycles. The van der Waals surface area contributed by atoms with Crippen LogP contribution < -0.4 is 10.0 Å². The van der Waals surface area contributed by atoms with E-state index < -0.39 is 10.0 Å². The third-order valence-corrected chi connectivity index (χ3v) is 6.76. The van der Waals surface area contributed by atoms with Crippen LogP contribution in [0, 0.1) is 0 Å². The summed E-state index contributed by atoms with van der Waals surface area (Å²) < 4.78 is 29.1. The highest BCUT2D eigenvalue weighted by atomic mass is 32.2. The highest BCUT2D eigenvalue weighted by Gasteiger charge is 2.40. The Bertz CT molecular complexity index is 1160. The fourth-order valence-electron chi connectivity index (χ4n) is 3.91. The molecular weight excluding hydrogens is 400 g/mol. The molecule has 2 N–H and O–H groups in total. The Balaban J connectivity index is 1.57. The Kier molecular flexibility index (Phi) is 5.44. The lowest BCUT2D eigenvalue weighted by Gasteiger charge is -2.28. The van der Waals surface area contributed by atoms with E-state index in [2.05, 4.69) is 27.2 Å². The molecule has 1 saturated heterocycles. The number of aryl methyl sites for hydroxylation is 1. The van der Waals surface area contributed by atoms with Gasteiger partial charge in [0.15, 0.2) is 5.03 Å². The molecule has 1 aromatic heterocycles. The lowest BCUT2D eigenvalue weighted by molar-refractivity contribution is -0.119. The van der Waals surface area contributed by atoms with Crippen molar-refractivity contribution in [2.75, 3.05) is 6.54 Å². The molecule has 0 spiro atoms. The Morgan fingerprint density at radius 1 is 1.13 bits per heavy atom. The fourth-order valence-corrected chi connectivity index (χ4v) is 4.90. The normalized spacial score (nSPS) is 19.0. The second-order valence-electron chi connectivity index (χ2n) is 7.80. The van der Waals surface area contributed by atoms with Crippen molar-refractivity contribution < 1.29 is 13.2 Å². The molecular formula is C22H24N4O3S. The predicted molar refractivity (Wildman–Crippen MR) is 113 cm³/mol. The number of hydrogen-bond donors (Lipinski definition) is 2. The predicted octanol–water partition coefficient (Wildman–Crippen LogP) is 1.90. The Morgan fingerprint density at radius 3 is 2.57 bits per heavy atom. The molecule has 1 unspecified atom stereocenters. The zero-order valence-corrected chi connectivity index (χ0v) is 17.5. The van der Waals surface area contributed by atoms with E-state index in [4.69, 9.17) is 0 Å². The van der Waals surface area contributed by atoms with Crippen molar-refractivity contribution in [3.05, 3.63) is 83.8 Å². The van der Waals surface area contributed by atoms with E-state index in [-0.39, 0.29) is 22.9 Å². The zero-order chi connectivity index (χ0) is 21.2. The van der Waals surface area contributed by atoms with Gasteiger partial charge >= 0.3 is 0 Å². The molecule has 156 valence electrons. The minimum atomic E-state index is -3.69. The molecule has 2 heterocycles. The van der Waals surface area contributed by atoms with Gasteiger partial charge in [-0.15, -0.1) is 0 Å². The number of benzene rings is 2. The summed E-state index contributed by atoms with van der Waals surface area (Å²) in [6, 6.07) is 17.9. The molecule has 7 nitrogen and oxygen atoms in total. The lowest BCUT2D eigenvalue weighted by atomic mass is 9.74. The SMILES string of the molecule is Cn1cnc(S(=O)(=O)NCc2cccc(C3(Cc4ccccc4)CNC(=O)C3)c2)c1. The summed E-state index contributed by atoms with van der Waals surface area (Å²) in [5, 5.41) is 2.96. The summed E-state index contributed by atoms with van der Waals surface area (Å²) in [5.41, 5.74) is 2.67. The van der Waals surface area contributed by atoms with Crippen molar-refractivity contribution >= 4 is 15.9 Å². The minimum Gasteiger partial charge on any atom is -0.355 e. The first-order valence-corrected chi connectivity index (χ1v) is 11.2. The summed E-state index contributed by atoms with van der Waals surface area (Å²) in [5.74, 6) is 0.0344. The number of amides is 1. The number of carbonyl (C=O) groups is 1. The molecule has 1 fully saturated rings. The quantitative estimate of drug-likeness (QED) is 0.606. The van der Waals surface area contributed by atoms with Crippen molar-refractivity contribution in [2.24, 2.45) is 7.05 Å². The second kappa shape index (κ2) is 8.04. The first-order valence-electron chi connectivity index (χ1n) is 9.74. The summed E-state index contributed by atoms with van der Waals surface area (Å²) in [7, 11) is -1.97. The summed E-state index contributed by atoms with van der Waals surface area (Å²) in [6.07, 6.45) is 4.05. The van der Waals surface area contributed by atoms with Gasteiger partial charge in [0, 0.05) is 38.2 Å². The number of sulfonamides is 1.